The third-order valence-corrected chi connectivity index (χ3v) is 8.63. The van der Waals surface area contributed by atoms with Crippen molar-refractivity contribution in [3.05, 3.63) is 62.6 Å². The van der Waals surface area contributed by atoms with E-state index in [2.05, 4.69) is 10.6 Å². The van der Waals surface area contributed by atoms with E-state index in [1.807, 2.05) is 45.0 Å². The summed E-state index contributed by atoms with van der Waals surface area (Å²) in [5.41, 5.74) is 1.68. The topological polar surface area (TPSA) is 173 Å². The molecule has 1 fully saturated rings. The molecule has 2 aromatic rings. The number of carbonyl (C=O) groups excluding carboxylic acids is 3. The van der Waals surface area contributed by atoms with Crippen LogP contribution in [0.25, 0.3) is 0 Å². The highest BCUT2D eigenvalue weighted by atomic mass is 35.5. The molecule has 1 aliphatic heterocycles. The third-order valence-electron chi connectivity index (χ3n) is 7.90. The van der Waals surface area contributed by atoms with Crippen LogP contribution in [-0.4, -0.2) is 83.1 Å². The van der Waals surface area contributed by atoms with E-state index >= 15 is 0 Å². The Morgan fingerprint density at radius 3 is 2.31 bits per heavy atom. The number of aliphatic hydroxyl groups excluding tert-OH is 3. The number of nitrogens with one attached hydrogen (secondary N) is 2. The molecule has 2 amide bonds. The van der Waals surface area contributed by atoms with E-state index in [4.69, 9.17) is 42.1 Å². The zero-order valence-electron chi connectivity index (χ0n) is 28.6. The highest BCUT2D eigenvalue weighted by Crippen LogP contribution is 2.38. The van der Waals surface area contributed by atoms with E-state index in [0.29, 0.717) is 24.9 Å². The van der Waals surface area contributed by atoms with Gasteiger partial charge in [-0.15, -0.1) is 0 Å². The highest BCUT2D eigenvalue weighted by Gasteiger charge is 2.45. The molecule has 3 rings (SSSR count). The molecule has 0 aliphatic carbocycles. The van der Waals surface area contributed by atoms with Gasteiger partial charge in [0.2, 0.25) is 5.91 Å². The normalized spacial score (nSPS) is 20.8. The quantitative estimate of drug-likeness (QED) is 0.124. The molecule has 1 heterocycles. The summed E-state index contributed by atoms with van der Waals surface area (Å²) < 4.78 is 22.0. The maximum atomic E-state index is 13.2. The standard InChI is InChI=1S/C35H48Cl2N2O10/c1-20-23(33(45)39-29-31(44)30(43)25(18-40)48-34(29)46-5)16-24(36)32(28(20)37)47-19-22-12-10-11-21(15-22)17-38-26(41)13-8-6-7-9-14-27(42)49-35(2,3)4/h10-12,15-16,25,29-31,34,40,43-44H,6-9,13-14,17-19H2,1-5H3,(H,38,41)(H,39,45)/t25-,29-,30-,31-,34+/m1/s1. The number of methoxy groups -OCH3 is 1. The van der Waals surface area contributed by atoms with E-state index < -0.39 is 48.8 Å². The second-order valence-electron chi connectivity index (χ2n) is 13.0. The van der Waals surface area contributed by atoms with Crippen LogP contribution in [-0.2, 0) is 37.0 Å². The van der Waals surface area contributed by atoms with Crippen LogP contribution in [0, 0.1) is 6.92 Å². The van der Waals surface area contributed by atoms with Crippen molar-refractivity contribution in [1.29, 1.82) is 0 Å². The number of hydrogen-bond acceptors (Lipinski definition) is 10. The number of carbonyl (C=O) groups is 3. The first-order valence-corrected chi connectivity index (χ1v) is 17.0. The lowest BCUT2D eigenvalue weighted by Crippen LogP contribution is -2.64. The molecule has 5 N–H and O–H groups in total. The molecule has 0 bridgehead atoms. The lowest BCUT2D eigenvalue weighted by molar-refractivity contribution is -0.261. The SMILES string of the molecule is CO[C@H]1O[C@H](CO)[C@@H](O)[C@H](O)[C@H]1NC(=O)c1cc(Cl)c(OCc2cccc(CNC(=O)CCCCCCC(=O)OC(C)(C)C)c2)c(Cl)c1C. The Kier molecular flexibility index (Phi) is 15.6. The van der Waals surface area contributed by atoms with Gasteiger partial charge in [-0.3, -0.25) is 14.4 Å². The maximum Gasteiger partial charge on any atom is 0.306 e. The fourth-order valence-electron chi connectivity index (χ4n) is 5.30. The van der Waals surface area contributed by atoms with E-state index in [1.54, 1.807) is 6.92 Å². The molecule has 272 valence electrons. The van der Waals surface area contributed by atoms with Crippen LogP contribution in [0.3, 0.4) is 0 Å². The Morgan fingerprint density at radius 1 is 0.980 bits per heavy atom. The fraction of sp³-hybridized carbons (Fsp3) is 0.571. The number of esters is 1. The minimum absolute atomic E-state index is 0.0549. The first-order valence-electron chi connectivity index (χ1n) is 16.3. The van der Waals surface area contributed by atoms with Gasteiger partial charge in [-0.2, -0.15) is 0 Å². The summed E-state index contributed by atoms with van der Waals surface area (Å²) in [4.78, 5) is 37.4. The van der Waals surface area contributed by atoms with Crippen molar-refractivity contribution in [1.82, 2.24) is 10.6 Å². The Balaban J connectivity index is 1.50. The number of ether oxygens (including phenoxy) is 4. The van der Waals surface area contributed by atoms with E-state index in [1.165, 1.54) is 13.2 Å². The molecule has 14 heteroatoms. The van der Waals surface area contributed by atoms with Gasteiger partial charge in [-0.1, -0.05) is 60.3 Å². The summed E-state index contributed by atoms with van der Waals surface area (Å²) in [7, 11) is 1.31. The number of unbranched alkanes of at least 4 members (excludes halogenated alkanes) is 3. The minimum atomic E-state index is -1.48. The molecule has 0 radical (unpaired) electrons. The summed E-state index contributed by atoms with van der Waals surface area (Å²) in [5, 5.41) is 36.0. The average molecular weight is 728 g/mol. The summed E-state index contributed by atoms with van der Waals surface area (Å²) >= 11 is 13.1. The number of aliphatic hydroxyl groups is 3. The molecule has 0 spiro atoms. The lowest BCUT2D eigenvalue weighted by atomic mass is 9.96. The molecule has 49 heavy (non-hydrogen) atoms. The molecule has 0 saturated carbocycles. The van der Waals surface area contributed by atoms with Crippen LogP contribution in [0.5, 0.6) is 5.75 Å². The number of hydrogen-bond donors (Lipinski definition) is 5. The molecule has 0 aromatic heterocycles. The Labute approximate surface area is 297 Å². The summed E-state index contributed by atoms with van der Waals surface area (Å²) in [6.07, 6.45) is -1.22. The molecule has 5 atom stereocenters. The first-order chi connectivity index (χ1) is 23.1. The number of benzene rings is 2. The molecule has 2 aromatic carbocycles. The van der Waals surface area contributed by atoms with Gasteiger partial charge in [0.1, 0.15) is 36.6 Å². The van der Waals surface area contributed by atoms with Gasteiger partial charge in [0.15, 0.2) is 12.0 Å². The van der Waals surface area contributed by atoms with Gasteiger partial charge in [-0.25, -0.2) is 0 Å². The molecule has 12 nitrogen and oxygen atoms in total. The Hall–Kier alpha value is -2.97. The van der Waals surface area contributed by atoms with E-state index in [0.717, 1.165) is 36.8 Å². The lowest BCUT2D eigenvalue weighted by Gasteiger charge is -2.41. The van der Waals surface area contributed by atoms with Crippen molar-refractivity contribution < 1.29 is 48.7 Å². The van der Waals surface area contributed by atoms with Gasteiger partial charge >= 0.3 is 5.97 Å². The van der Waals surface area contributed by atoms with Gasteiger partial charge in [0.05, 0.1) is 16.7 Å². The van der Waals surface area contributed by atoms with Gasteiger partial charge < -0.3 is 44.9 Å². The van der Waals surface area contributed by atoms with Crippen LogP contribution >= 0.6 is 23.2 Å². The van der Waals surface area contributed by atoms with E-state index in [9.17, 15) is 29.7 Å². The van der Waals surface area contributed by atoms with Crippen molar-refractivity contribution in [2.75, 3.05) is 13.7 Å². The van der Waals surface area contributed by atoms with Crippen molar-refractivity contribution in [2.24, 2.45) is 0 Å². The van der Waals surface area contributed by atoms with Crippen molar-refractivity contribution >= 4 is 41.0 Å². The highest BCUT2D eigenvalue weighted by molar-refractivity contribution is 6.38. The summed E-state index contributed by atoms with van der Waals surface area (Å²) in [6.45, 7) is 7.06. The predicted molar refractivity (Wildman–Crippen MR) is 183 cm³/mol. The second-order valence-corrected chi connectivity index (χ2v) is 13.8. The molecule has 1 saturated heterocycles. The predicted octanol–water partition coefficient (Wildman–Crippen LogP) is 4.36. The van der Waals surface area contributed by atoms with Crippen LogP contribution < -0.4 is 15.4 Å². The van der Waals surface area contributed by atoms with Gasteiger partial charge in [0.25, 0.3) is 5.91 Å². The van der Waals surface area contributed by atoms with Crippen LogP contribution in [0.15, 0.2) is 30.3 Å². The summed E-state index contributed by atoms with van der Waals surface area (Å²) in [5.74, 6) is -0.724. The van der Waals surface area contributed by atoms with Gasteiger partial charge in [0, 0.05) is 32.1 Å². The zero-order valence-corrected chi connectivity index (χ0v) is 30.1. The molecular formula is C35H48Cl2N2O10. The van der Waals surface area contributed by atoms with E-state index in [-0.39, 0.29) is 39.8 Å². The smallest absolute Gasteiger partial charge is 0.306 e. The maximum absolute atomic E-state index is 13.2. The number of halogens is 2. The third kappa shape index (κ3) is 12.1. The monoisotopic (exact) mass is 726 g/mol. The summed E-state index contributed by atoms with van der Waals surface area (Å²) in [6, 6.07) is 7.74. The van der Waals surface area contributed by atoms with Crippen molar-refractivity contribution in [3.8, 4) is 5.75 Å². The Morgan fingerprint density at radius 2 is 1.65 bits per heavy atom. The van der Waals surface area contributed by atoms with Crippen molar-refractivity contribution in [3.63, 3.8) is 0 Å². The number of amides is 2. The largest absolute Gasteiger partial charge is 0.486 e. The molecule has 1 aliphatic rings. The Bertz CT molecular complexity index is 1430. The van der Waals surface area contributed by atoms with Crippen LogP contribution in [0.4, 0.5) is 0 Å². The van der Waals surface area contributed by atoms with Crippen LogP contribution in [0.1, 0.15) is 86.3 Å². The van der Waals surface area contributed by atoms with Crippen molar-refractivity contribution in [2.45, 2.75) is 116 Å². The van der Waals surface area contributed by atoms with Crippen LogP contribution in [0.2, 0.25) is 10.0 Å². The average Bonchev–Trinajstić information content (AvgIpc) is 3.05. The van der Waals surface area contributed by atoms with Gasteiger partial charge in [-0.05, 0) is 63.3 Å². The number of rotatable bonds is 16. The minimum Gasteiger partial charge on any atom is -0.486 e. The zero-order chi connectivity index (χ0) is 36.3. The first kappa shape index (κ1) is 40.5. The second kappa shape index (κ2) is 18.9. The molecular weight excluding hydrogens is 679 g/mol. The fourth-order valence-corrected chi connectivity index (χ4v) is 5.87. The molecule has 0 unspecified atom stereocenters.